The minimum atomic E-state index is 0.347. The molecule has 3 aromatic heterocycles. The molecular weight excluding hydrogens is 236 g/mol. The molecule has 0 aliphatic carbocycles. The summed E-state index contributed by atoms with van der Waals surface area (Å²) in [5, 5.41) is 4.58. The van der Waals surface area contributed by atoms with Gasteiger partial charge in [-0.15, -0.1) is 0 Å². The van der Waals surface area contributed by atoms with Crippen LogP contribution >= 0.6 is 0 Å². The van der Waals surface area contributed by atoms with E-state index >= 15 is 0 Å². The molecule has 4 heteroatoms. The fourth-order valence-corrected chi connectivity index (χ4v) is 2.28. The molecule has 0 spiro atoms. The second kappa shape index (κ2) is 4.46. The molecule has 0 aliphatic heterocycles. The monoisotopic (exact) mass is 252 g/mol. The molecule has 3 heterocycles. The number of aromatic nitrogens is 4. The third-order valence-electron chi connectivity index (χ3n) is 3.13. The molecule has 0 saturated heterocycles. The number of fused-ring (bicyclic) bond motifs is 1. The summed E-state index contributed by atoms with van der Waals surface area (Å²) < 4.78 is 1.95. The first-order chi connectivity index (χ1) is 9.16. The first-order valence-corrected chi connectivity index (χ1v) is 6.43. The van der Waals surface area contributed by atoms with E-state index in [0.29, 0.717) is 5.92 Å². The predicted molar refractivity (Wildman–Crippen MR) is 75.0 cm³/mol. The van der Waals surface area contributed by atoms with Crippen molar-refractivity contribution < 1.29 is 0 Å². The highest BCUT2D eigenvalue weighted by Crippen LogP contribution is 2.28. The lowest BCUT2D eigenvalue weighted by Crippen LogP contribution is -2.01. The molecule has 96 valence electrons. The lowest BCUT2D eigenvalue weighted by molar-refractivity contribution is 0.753. The maximum absolute atomic E-state index is 4.71. The Hall–Kier alpha value is -2.23. The van der Waals surface area contributed by atoms with Crippen molar-refractivity contribution in [1.82, 2.24) is 19.6 Å². The van der Waals surface area contributed by atoms with E-state index in [2.05, 4.69) is 23.9 Å². The van der Waals surface area contributed by atoms with E-state index in [9.17, 15) is 0 Å². The Bertz CT molecular complexity index is 714. The van der Waals surface area contributed by atoms with Gasteiger partial charge in [-0.1, -0.05) is 13.8 Å². The van der Waals surface area contributed by atoms with Crippen molar-refractivity contribution >= 4 is 5.65 Å². The van der Waals surface area contributed by atoms with Crippen LogP contribution in [0.15, 0.2) is 36.7 Å². The minimum Gasteiger partial charge on any atom is -0.264 e. The molecule has 0 aliphatic rings. The number of imidazole rings is 1. The number of hydrogen-bond donors (Lipinski definition) is 0. The quantitative estimate of drug-likeness (QED) is 0.703. The molecule has 0 radical (unpaired) electrons. The topological polar surface area (TPSA) is 43.1 Å². The molecule has 0 amide bonds. The van der Waals surface area contributed by atoms with Crippen LogP contribution in [0.1, 0.15) is 31.2 Å². The maximum Gasteiger partial charge on any atom is 0.154 e. The van der Waals surface area contributed by atoms with Crippen LogP contribution in [0.3, 0.4) is 0 Å². The van der Waals surface area contributed by atoms with Gasteiger partial charge in [-0.05, 0) is 37.1 Å². The molecular formula is C15H16N4. The van der Waals surface area contributed by atoms with Crippen LogP contribution in [0.2, 0.25) is 0 Å². The van der Waals surface area contributed by atoms with Crippen LogP contribution in [0.4, 0.5) is 0 Å². The highest BCUT2D eigenvalue weighted by atomic mass is 15.3. The minimum absolute atomic E-state index is 0.347. The molecule has 0 bridgehead atoms. The van der Waals surface area contributed by atoms with Crippen molar-refractivity contribution in [3.8, 4) is 11.3 Å². The van der Waals surface area contributed by atoms with Gasteiger partial charge in [0.2, 0.25) is 0 Å². The highest BCUT2D eigenvalue weighted by molar-refractivity contribution is 5.66. The van der Waals surface area contributed by atoms with Crippen LogP contribution in [-0.4, -0.2) is 19.6 Å². The van der Waals surface area contributed by atoms with Crippen LogP contribution in [-0.2, 0) is 0 Å². The van der Waals surface area contributed by atoms with E-state index in [4.69, 9.17) is 4.98 Å². The Morgan fingerprint density at radius 2 is 2.00 bits per heavy atom. The van der Waals surface area contributed by atoms with Crippen molar-refractivity contribution in [2.24, 2.45) is 0 Å². The molecule has 0 aromatic carbocycles. The van der Waals surface area contributed by atoms with E-state index in [1.165, 1.54) is 0 Å². The molecule has 3 aromatic rings. The zero-order valence-corrected chi connectivity index (χ0v) is 11.3. The van der Waals surface area contributed by atoms with Crippen molar-refractivity contribution in [2.75, 3.05) is 0 Å². The van der Waals surface area contributed by atoms with E-state index in [-0.39, 0.29) is 0 Å². The van der Waals surface area contributed by atoms with E-state index in [1.807, 2.05) is 41.9 Å². The van der Waals surface area contributed by atoms with E-state index in [0.717, 1.165) is 28.3 Å². The van der Waals surface area contributed by atoms with Gasteiger partial charge in [0.05, 0.1) is 17.1 Å². The van der Waals surface area contributed by atoms with Gasteiger partial charge in [0.15, 0.2) is 5.65 Å². The largest absolute Gasteiger partial charge is 0.264 e. The molecule has 19 heavy (non-hydrogen) atoms. The SMILES string of the molecule is Cc1ccc2nc(-c3cccnc3)c(C(C)C)n2n1. The fourth-order valence-electron chi connectivity index (χ4n) is 2.28. The smallest absolute Gasteiger partial charge is 0.154 e. The highest BCUT2D eigenvalue weighted by Gasteiger charge is 2.17. The van der Waals surface area contributed by atoms with Crippen molar-refractivity contribution in [2.45, 2.75) is 26.7 Å². The summed E-state index contributed by atoms with van der Waals surface area (Å²) in [7, 11) is 0. The molecule has 3 rings (SSSR count). The number of nitrogens with zero attached hydrogens (tertiary/aromatic N) is 4. The van der Waals surface area contributed by atoms with Crippen molar-refractivity contribution in [3.05, 3.63) is 48.0 Å². The van der Waals surface area contributed by atoms with Gasteiger partial charge >= 0.3 is 0 Å². The molecule has 0 unspecified atom stereocenters. The standard InChI is InChI=1S/C15H16N4/c1-10(2)15-14(12-5-4-8-16-9-12)17-13-7-6-11(3)18-19(13)15/h4-10H,1-3H3. The third-order valence-corrected chi connectivity index (χ3v) is 3.13. The second-order valence-electron chi connectivity index (χ2n) is 4.99. The van der Waals surface area contributed by atoms with E-state index in [1.54, 1.807) is 6.20 Å². The summed E-state index contributed by atoms with van der Waals surface area (Å²) in [5.41, 5.74) is 5.01. The van der Waals surface area contributed by atoms with Crippen LogP contribution < -0.4 is 0 Å². The van der Waals surface area contributed by atoms with Gasteiger partial charge in [0.1, 0.15) is 0 Å². The lowest BCUT2D eigenvalue weighted by Gasteiger charge is -2.07. The maximum atomic E-state index is 4.71. The number of rotatable bonds is 2. The Morgan fingerprint density at radius 3 is 2.68 bits per heavy atom. The summed E-state index contributed by atoms with van der Waals surface area (Å²) in [6.07, 6.45) is 3.62. The summed E-state index contributed by atoms with van der Waals surface area (Å²) in [4.78, 5) is 8.89. The summed E-state index contributed by atoms with van der Waals surface area (Å²) in [6.45, 7) is 6.31. The Balaban J connectivity index is 2.33. The Labute approximate surface area is 112 Å². The van der Waals surface area contributed by atoms with Crippen LogP contribution in [0.25, 0.3) is 16.9 Å². The zero-order chi connectivity index (χ0) is 13.4. The lowest BCUT2D eigenvalue weighted by atomic mass is 10.0. The normalized spacial score (nSPS) is 11.4. The number of hydrogen-bond acceptors (Lipinski definition) is 3. The third kappa shape index (κ3) is 1.99. The van der Waals surface area contributed by atoms with Gasteiger partial charge < -0.3 is 0 Å². The van der Waals surface area contributed by atoms with Gasteiger partial charge in [-0.2, -0.15) is 5.10 Å². The Kier molecular flexibility index (Phi) is 2.78. The molecule has 4 nitrogen and oxygen atoms in total. The summed E-state index contributed by atoms with van der Waals surface area (Å²) in [5.74, 6) is 0.347. The van der Waals surface area contributed by atoms with E-state index < -0.39 is 0 Å². The first-order valence-electron chi connectivity index (χ1n) is 6.43. The second-order valence-corrected chi connectivity index (χ2v) is 4.99. The van der Waals surface area contributed by atoms with Crippen LogP contribution in [0, 0.1) is 6.92 Å². The van der Waals surface area contributed by atoms with Crippen LogP contribution in [0.5, 0.6) is 0 Å². The predicted octanol–water partition coefficient (Wildman–Crippen LogP) is 3.22. The molecule has 0 fully saturated rings. The zero-order valence-electron chi connectivity index (χ0n) is 11.3. The van der Waals surface area contributed by atoms with Gasteiger partial charge in [-0.3, -0.25) is 4.98 Å². The molecule has 0 atom stereocenters. The molecule has 0 N–H and O–H groups in total. The Morgan fingerprint density at radius 1 is 1.16 bits per heavy atom. The van der Waals surface area contributed by atoms with Gasteiger partial charge in [-0.25, -0.2) is 9.50 Å². The molecule has 0 saturated carbocycles. The number of aryl methyl sites for hydroxylation is 1. The van der Waals surface area contributed by atoms with Crippen molar-refractivity contribution in [1.29, 1.82) is 0 Å². The fraction of sp³-hybridized carbons (Fsp3) is 0.267. The first kappa shape index (κ1) is 11.8. The average Bonchev–Trinajstić information content (AvgIpc) is 2.78. The number of pyridine rings is 1. The van der Waals surface area contributed by atoms with Gasteiger partial charge in [0.25, 0.3) is 0 Å². The summed E-state index contributed by atoms with van der Waals surface area (Å²) >= 11 is 0. The average molecular weight is 252 g/mol. The van der Waals surface area contributed by atoms with Gasteiger partial charge in [0, 0.05) is 18.0 Å². The summed E-state index contributed by atoms with van der Waals surface area (Å²) in [6, 6.07) is 7.96. The van der Waals surface area contributed by atoms with Crippen molar-refractivity contribution in [3.63, 3.8) is 0 Å².